The summed E-state index contributed by atoms with van der Waals surface area (Å²) in [5.41, 5.74) is 1.54. The molecule has 0 aromatic heterocycles. The number of nitrogens with one attached hydrogen (secondary N) is 1. The van der Waals surface area contributed by atoms with Gasteiger partial charge < -0.3 is 14.2 Å². The molecule has 0 saturated carbocycles. The van der Waals surface area contributed by atoms with Crippen LogP contribution in [0.15, 0.2) is 54.6 Å². The van der Waals surface area contributed by atoms with Crippen LogP contribution in [0.2, 0.25) is 0 Å². The van der Waals surface area contributed by atoms with Crippen LogP contribution in [0.4, 0.5) is 10.5 Å². The highest BCUT2D eigenvalue weighted by Crippen LogP contribution is 2.16. The zero-order chi connectivity index (χ0) is 18.6. The summed E-state index contributed by atoms with van der Waals surface area (Å²) < 4.78 is 15.6. The average molecular weight is 357 g/mol. The van der Waals surface area contributed by atoms with Crippen molar-refractivity contribution in [3.05, 3.63) is 60.2 Å². The molecule has 6 heteroatoms. The fourth-order valence-corrected chi connectivity index (χ4v) is 2.15. The molecule has 2 rings (SSSR count). The predicted molar refractivity (Wildman–Crippen MR) is 98.1 cm³/mol. The van der Waals surface area contributed by atoms with E-state index >= 15 is 0 Å². The van der Waals surface area contributed by atoms with Crippen molar-refractivity contribution in [3.63, 3.8) is 0 Å². The summed E-state index contributed by atoms with van der Waals surface area (Å²) in [5.74, 6) is 0.446. The van der Waals surface area contributed by atoms with Gasteiger partial charge in [0.2, 0.25) is 0 Å². The monoisotopic (exact) mass is 357 g/mol. The fraction of sp³-hybridized carbons (Fsp3) is 0.300. The van der Waals surface area contributed by atoms with Crippen molar-refractivity contribution >= 4 is 17.7 Å². The van der Waals surface area contributed by atoms with Crippen molar-refractivity contribution in [1.82, 2.24) is 0 Å². The normalized spacial score (nSPS) is 10.0. The third-order valence-electron chi connectivity index (χ3n) is 3.41. The van der Waals surface area contributed by atoms with Gasteiger partial charge >= 0.3 is 12.1 Å². The standard InChI is InChI=1S/C20H23NO5/c1-2-24-19(22)9-6-14-25-18-12-10-17(11-13-18)21-20(23)26-15-16-7-4-3-5-8-16/h3-5,7-8,10-13H,2,6,9,14-15H2,1H3,(H,21,23). The molecule has 0 heterocycles. The van der Waals surface area contributed by atoms with E-state index in [1.165, 1.54) is 0 Å². The number of hydrogen-bond acceptors (Lipinski definition) is 5. The Labute approximate surface area is 153 Å². The van der Waals surface area contributed by atoms with E-state index in [0.717, 1.165) is 5.56 Å². The van der Waals surface area contributed by atoms with Crippen LogP contribution in [-0.2, 0) is 20.9 Å². The number of hydrogen-bond donors (Lipinski definition) is 1. The molecule has 0 aliphatic heterocycles. The second kappa shape index (κ2) is 10.8. The van der Waals surface area contributed by atoms with Gasteiger partial charge in [-0.1, -0.05) is 30.3 Å². The van der Waals surface area contributed by atoms with E-state index in [1.54, 1.807) is 31.2 Å². The summed E-state index contributed by atoms with van der Waals surface area (Å²) in [6, 6.07) is 16.4. The summed E-state index contributed by atoms with van der Waals surface area (Å²) in [5, 5.41) is 2.66. The van der Waals surface area contributed by atoms with E-state index in [1.807, 2.05) is 30.3 Å². The maximum absolute atomic E-state index is 11.8. The summed E-state index contributed by atoms with van der Waals surface area (Å²) >= 11 is 0. The topological polar surface area (TPSA) is 73.9 Å². The molecule has 0 bridgehead atoms. The summed E-state index contributed by atoms with van der Waals surface area (Å²) in [6.07, 6.45) is 0.405. The zero-order valence-electron chi connectivity index (χ0n) is 14.8. The summed E-state index contributed by atoms with van der Waals surface area (Å²) in [6.45, 7) is 2.81. The molecular weight excluding hydrogens is 334 g/mol. The molecule has 0 unspecified atom stereocenters. The Morgan fingerprint density at radius 1 is 0.962 bits per heavy atom. The summed E-state index contributed by atoms with van der Waals surface area (Å²) in [7, 11) is 0. The molecule has 2 aromatic rings. The van der Waals surface area contributed by atoms with Gasteiger partial charge in [0.05, 0.1) is 13.2 Å². The van der Waals surface area contributed by atoms with Gasteiger partial charge in [0.25, 0.3) is 0 Å². The zero-order valence-corrected chi connectivity index (χ0v) is 14.8. The van der Waals surface area contributed by atoms with E-state index < -0.39 is 6.09 Å². The predicted octanol–water partition coefficient (Wildman–Crippen LogP) is 4.16. The smallest absolute Gasteiger partial charge is 0.411 e. The molecule has 1 N–H and O–H groups in total. The van der Waals surface area contributed by atoms with Crippen LogP contribution in [0.1, 0.15) is 25.3 Å². The SMILES string of the molecule is CCOC(=O)CCCOc1ccc(NC(=O)OCc2ccccc2)cc1. The molecule has 1 amide bonds. The minimum Gasteiger partial charge on any atom is -0.494 e. The molecule has 138 valence electrons. The maximum Gasteiger partial charge on any atom is 0.411 e. The highest BCUT2D eigenvalue weighted by molar-refractivity contribution is 5.84. The number of anilines is 1. The highest BCUT2D eigenvalue weighted by atomic mass is 16.5. The van der Waals surface area contributed by atoms with Crippen LogP contribution in [0, 0.1) is 0 Å². The van der Waals surface area contributed by atoms with Crippen molar-refractivity contribution in [2.45, 2.75) is 26.4 Å². The third-order valence-corrected chi connectivity index (χ3v) is 3.41. The van der Waals surface area contributed by atoms with E-state index in [2.05, 4.69) is 5.32 Å². The van der Waals surface area contributed by atoms with Gasteiger partial charge in [-0.15, -0.1) is 0 Å². The molecule has 0 fully saturated rings. The Hall–Kier alpha value is -3.02. The largest absolute Gasteiger partial charge is 0.494 e. The van der Waals surface area contributed by atoms with Crippen molar-refractivity contribution in [1.29, 1.82) is 0 Å². The van der Waals surface area contributed by atoms with Gasteiger partial charge in [-0.3, -0.25) is 10.1 Å². The Morgan fingerprint density at radius 3 is 2.38 bits per heavy atom. The van der Waals surface area contributed by atoms with Crippen LogP contribution in [0.25, 0.3) is 0 Å². The number of carbonyl (C=O) groups excluding carboxylic acids is 2. The van der Waals surface area contributed by atoms with E-state index in [0.29, 0.717) is 37.5 Å². The molecule has 0 aliphatic rings. The van der Waals surface area contributed by atoms with E-state index in [4.69, 9.17) is 14.2 Å². The number of rotatable bonds is 9. The number of carbonyl (C=O) groups is 2. The second-order valence-corrected chi connectivity index (χ2v) is 5.47. The van der Waals surface area contributed by atoms with Crippen LogP contribution < -0.4 is 10.1 Å². The van der Waals surface area contributed by atoms with Crippen molar-refractivity contribution < 1.29 is 23.8 Å². The van der Waals surface area contributed by atoms with Gasteiger partial charge in [0, 0.05) is 12.1 Å². The molecule has 0 spiro atoms. The number of benzene rings is 2. The quantitative estimate of drug-likeness (QED) is 0.539. The lowest BCUT2D eigenvalue weighted by Gasteiger charge is -2.09. The van der Waals surface area contributed by atoms with Gasteiger partial charge in [0.1, 0.15) is 12.4 Å². The molecular formula is C20H23NO5. The van der Waals surface area contributed by atoms with Crippen molar-refractivity contribution in [3.8, 4) is 5.75 Å². The molecule has 0 saturated heterocycles. The molecule has 0 radical (unpaired) electrons. The van der Waals surface area contributed by atoms with E-state index in [9.17, 15) is 9.59 Å². The Morgan fingerprint density at radius 2 is 1.69 bits per heavy atom. The summed E-state index contributed by atoms with van der Waals surface area (Å²) in [4.78, 5) is 23.0. The fourth-order valence-electron chi connectivity index (χ4n) is 2.15. The first kappa shape index (κ1) is 19.3. The van der Waals surface area contributed by atoms with Crippen LogP contribution >= 0.6 is 0 Å². The maximum atomic E-state index is 11.8. The molecule has 26 heavy (non-hydrogen) atoms. The van der Waals surface area contributed by atoms with E-state index in [-0.39, 0.29) is 12.6 Å². The molecule has 0 atom stereocenters. The lowest BCUT2D eigenvalue weighted by atomic mass is 10.2. The minimum atomic E-state index is -0.517. The molecule has 2 aromatic carbocycles. The Kier molecular flexibility index (Phi) is 7.99. The van der Waals surface area contributed by atoms with Crippen molar-refractivity contribution in [2.75, 3.05) is 18.5 Å². The van der Waals surface area contributed by atoms with Gasteiger partial charge in [-0.25, -0.2) is 4.79 Å². The highest BCUT2D eigenvalue weighted by Gasteiger charge is 2.05. The number of esters is 1. The van der Waals surface area contributed by atoms with Crippen molar-refractivity contribution in [2.24, 2.45) is 0 Å². The minimum absolute atomic E-state index is 0.217. The first-order chi connectivity index (χ1) is 12.7. The lowest BCUT2D eigenvalue weighted by molar-refractivity contribution is -0.143. The van der Waals surface area contributed by atoms with Crippen LogP contribution in [0.3, 0.4) is 0 Å². The average Bonchev–Trinajstić information content (AvgIpc) is 2.66. The number of ether oxygens (including phenoxy) is 3. The third kappa shape index (κ3) is 7.25. The molecule has 0 aliphatic carbocycles. The van der Waals surface area contributed by atoms with Gasteiger partial charge in [-0.2, -0.15) is 0 Å². The van der Waals surface area contributed by atoms with Gasteiger partial charge in [0.15, 0.2) is 0 Å². The molecule has 6 nitrogen and oxygen atoms in total. The number of amides is 1. The first-order valence-corrected chi connectivity index (χ1v) is 8.53. The first-order valence-electron chi connectivity index (χ1n) is 8.53. The lowest BCUT2D eigenvalue weighted by Crippen LogP contribution is -2.13. The Bertz CT molecular complexity index is 685. The van der Waals surface area contributed by atoms with Crippen LogP contribution in [0.5, 0.6) is 5.75 Å². The second-order valence-electron chi connectivity index (χ2n) is 5.47. The van der Waals surface area contributed by atoms with Crippen LogP contribution in [-0.4, -0.2) is 25.3 Å². The Balaban J connectivity index is 1.68. The van der Waals surface area contributed by atoms with Gasteiger partial charge in [-0.05, 0) is 43.2 Å².